The van der Waals surface area contributed by atoms with Crippen molar-refractivity contribution in [3.63, 3.8) is 0 Å². The first-order valence-electron chi connectivity index (χ1n) is 6.50. The summed E-state index contributed by atoms with van der Waals surface area (Å²) in [6.45, 7) is 2.82. The molecule has 112 valence electrons. The second-order valence-electron chi connectivity index (χ2n) is 4.82. The average molecular weight is 328 g/mol. The molecule has 1 aliphatic rings. The number of halogens is 2. The molecule has 1 aromatic heterocycles. The molecule has 2 heterocycles. The van der Waals surface area contributed by atoms with E-state index in [1.165, 1.54) is 6.07 Å². The molecule has 1 aromatic carbocycles. The lowest BCUT2D eigenvalue weighted by atomic mass is 10.2. The first-order valence-corrected chi connectivity index (χ1v) is 7.76. The van der Waals surface area contributed by atoms with E-state index in [1.54, 1.807) is 17.5 Å². The second-order valence-corrected chi connectivity index (χ2v) is 6.07. The van der Waals surface area contributed by atoms with Crippen molar-refractivity contribution < 1.29 is 4.39 Å². The Balaban J connectivity index is 1.80. The van der Waals surface area contributed by atoms with Crippen LogP contribution in [0.15, 0.2) is 17.6 Å². The number of nitrogen functional groups attached to an aromatic ring is 2. The van der Waals surface area contributed by atoms with E-state index in [0.29, 0.717) is 24.5 Å². The van der Waals surface area contributed by atoms with Gasteiger partial charge in [-0.05, 0) is 6.07 Å². The van der Waals surface area contributed by atoms with Crippen molar-refractivity contribution in [3.8, 4) is 0 Å². The fourth-order valence-electron chi connectivity index (χ4n) is 2.47. The lowest BCUT2D eigenvalue weighted by molar-refractivity contribution is 0.599. The molecule has 0 atom stereocenters. The molecule has 3 rings (SSSR count). The molecule has 0 aliphatic carbocycles. The lowest BCUT2D eigenvalue weighted by Crippen LogP contribution is -2.47. The van der Waals surface area contributed by atoms with E-state index >= 15 is 0 Å². The largest absolute Gasteiger partial charge is 0.397 e. The Labute approximate surface area is 130 Å². The number of rotatable bonds is 2. The number of hydrogen-bond donors (Lipinski definition) is 2. The van der Waals surface area contributed by atoms with Crippen LogP contribution >= 0.6 is 22.9 Å². The van der Waals surface area contributed by atoms with Crippen LogP contribution < -0.4 is 21.3 Å². The van der Waals surface area contributed by atoms with Crippen LogP contribution in [0, 0.1) is 5.82 Å². The van der Waals surface area contributed by atoms with Gasteiger partial charge in [0.15, 0.2) is 10.9 Å². The molecular weight excluding hydrogens is 313 g/mol. The summed E-state index contributed by atoms with van der Waals surface area (Å²) in [5.74, 6) is -0.545. The molecule has 1 aliphatic heterocycles. The summed E-state index contributed by atoms with van der Waals surface area (Å²) >= 11 is 7.48. The van der Waals surface area contributed by atoms with E-state index in [2.05, 4.69) is 9.88 Å². The quantitative estimate of drug-likeness (QED) is 0.829. The summed E-state index contributed by atoms with van der Waals surface area (Å²) in [4.78, 5) is 8.37. The Bertz CT molecular complexity index is 641. The van der Waals surface area contributed by atoms with E-state index in [0.717, 1.165) is 18.2 Å². The van der Waals surface area contributed by atoms with E-state index in [-0.39, 0.29) is 10.7 Å². The van der Waals surface area contributed by atoms with E-state index in [1.807, 2.05) is 10.3 Å². The van der Waals surface area contributed by atoms with Crippen LogP contribution in [-0.2, 0) is 0 Å². The number of benzene rings is 1. The maximum Gasteiger partial charge on any atom is 0.185 e. The molecule has 0 radical (unpaired) electrons. The minimum absolute atomic E-state index is 0.0680. The molecule has 0 spiro atoms. The second kappa shape index (κ2) is 5.57. The smallest absolute Gasteiger partial charge is 0.185 e. The number of aromatic nitrogens is 1. The third-order valence-electron chi connectivity index (χ3n) is 3.52. The molecule has 4 N–H and O–H groups in total. The maximum absolute atomic E-state index is 14.3. The predicted octanol–water partition coefficient (Wildman–Crippen LogP) is 2.43. The van der Waals surface area contributed by atoms with Crippen LogP contribution in [0.4, 0.5) is 26.6 Å². The fourth-order valence-corrected chi connectivity index (χ4v) is 3.31. The number of nitrogens with two attached hydrogens (primary N) is 2. The average Bonchev–Trinajstić information content (AvgIpc) is 3.00. The zero-order valence-corrected chi connectivity index (χ0v) is 12.8. The van der Waals surface area contributed by atoms with Gasteiger partial charge in [0.1, 0.15) is 5.02 Å². The van der Waals surface area contributed by atoms with Gasteiger partial charge in [0, 0.05) is 37.8 Å². The molecule has 0 unspecified atom stereocenters. The Morgan fingerprint density at radius 2 is 1.81 bits per heavy atom. The van der Waals surface area contributed by atoms with Crippen molar-refractivity contribution in [1.29, 1.82) is 0 Å². The molecule has 0 bridgehead atoms. The van der Waals surface area contributed by atoms with Crippen molar-refractivity contribution in [2.24, 2.45) is 0 Å². The van der Waals surface area contributed by atoms with Crippen LogP contribution in [-0.4, -0.2) is 31.2 Å². The SMILES string of the molecule is Nc1cc(N)c(N2CCN(c3nccs3)CC2)c(F)c1Cl. The number of anilines is 4. The van der Waals surface area contributed by atoms with Gasteiger partial charge in [0.25, 0.3) is 0 Å². The highest BCUT2D eigenvalue weighted by molar-refractivity contribution is 7.13. The molecule has 0 amide bonds. The molecule has 21 heavy (non-hydrogen) atoms. The fraction of sp³-hybridized carbons (Fsp3) is 0.308. The molecule has 0 saturated carbocycles. The summed E-state index contributed by atoms with van der Waals surface area (Å²) in [6, 6.07) is 1.51. The summed E-state index contributed by atoms with van der Waals surface area (Å²) in [6.07, 6.45) is 1.78. The number of hydrogen-bond acceptors (Lipinski definition) is 6. The zero-order valence-electron chi connectivity index (χ0n) is 11.2. The van der Waals surface area contributed by atoms with Crippen LogP contribution in [0.5, 0.6) is 0 Å². The summed E-state index contributed by atoms with van der Waals surface area (Å²) < 4.78 is 14.3. The minimum Gasteiger partial charge on any atom is -0.397 e. The van der Waals surface area contributed by atoms with Gasteiger partial charge in [-0.2, -0.15) is 0 Å². The minimum atomic E-state index is -0.545. The van der Waals surface area contributed by atoms with E-state index < -0.39 is 5.82 Å². The third-order valence-corrected chi connectivity index (χ3v) is 4.74. The van der Waals surface area contributed by atoms with Gasteiger partial charge in [-0.3, -0.25) is 0 Å². The van der Waals surface area contributed by atoms with E-state index in [4.69, 9.17) is 23.1 Å². The monoisotopic (exact) mass is 327 g/mol. The first-order chi connectivity index (χ1) is 10.1. The predicted molar refractivity (Wildman–Crippen MR) is 86.8 cm³/mol. The Morgan fingerprint density at radius 3 is 2.43 bits per heavy atom. The normalized spacial score (nSPS) is 15.5. The summed E-state index contributed by atoms with van der Waals surface area (Å²) in [5.41, 5.74) is 12.3. The highest BCUT2D eigenvalue weighted by Crippen LogP contribution is 2.36. The molecule has 1 saturated heterocycles. The topological polar surface area (TPSA) is 71.4 Å². The van der Waals surface area contributed by atoms with Gasteiger partial charge in [-0.1, -0.05) is 11.6 Å². The van der Waals surface area contributed by atoms with Gasteiger partial charge in [-0.15, -0.1) is 11.3 Å². The van der Waals surface area contributed by atoms with Crippen LogP contribution in [0.2, 0.25) is 5.02 Å². The lowest BCUT2D eigenvalue weighted by Gasteiger charge is -2.36. The highest BCUT2D eigenvalue weighted by atomic mass is 35.5. The summed E-state index contributed by atoms with van der Waals surface area (Å²) in [7, 11) is 0. The van der Waals surface area contributed by atoms with Crippen molar-refractivity contribution in [2.75, 3.05) is 47.4 Å². The highest BCUT2D eigenvalue weighted by Gasteiger charge is 2.24. The molecule has 5 nitrogen and oxygen atoms in total. The van der Waals surface area contributed by atoms with Crippen LogP contribution in [0.25, 0.3) is 0 Å². The van der Waals surface area contributed by atoms with Crippen LogP contribution in [0.3, 0.4) is 0 Å². The number of nitrogens with zero attached hydrogens (tertiary/aromatic N) is 3. The molecule has 1 fully saturated rings. The van der Waals surface area contributed by atoms with E-state index in [9.17, 15) is 4.39 Å². The van der Waals surface area contributed by atoms with Gasteiger partial charge >= 0.3 is 0 Å². The van der Waals surface area contributed by atoms with Crippen molar-refractivity contribution in [1.82, 2.24) is 4.98 Å². The van der Waals surface area contributed by atoms with Crippen LogP contribution in [0.1, 0.15) is 0 Å². The third kappa shape index (κ3) is 2.58. The molecule has 2 aromatic rings. The number of piperazine rings is 1. The Hall–Kier alpha value is -1.73. The Morgan fingerprint density at radius 1 is 1.14 bits per heavy atom. The zero-order chi connectivity index (χ0) is 15.0. The standard InChI is InChI=1S/C13H15ClFN5S/c14-10-8(16)7-9(17)12(11(10)15)19-2-4-20(5-3-19)13-18-1-6-21-13/h1,6-7H,2-5,16-17H2. The van der Waals surface area contributed by atoms with Crippen molar-refractivity contribution in [2.45, 2.75) is 0 Å². The summed E-state index contributed by atoms with van der Waals surface area (Å²) in [5, 5.41) is 2.86. The molecule has 8 heteroatoms. The Kier molecular flexibility index (Phi) is 3.77. The van der Waals surface area contributed by atoms with Gasteiger partial charge in [0.05, 0.1) is 17.1 Å². The van der Waals surface area contributed by atoms with Crippen molar-refractivity contribution in [3.05, 3.63) is 28.5 Å². The number of thiazole rings is 1. The maximum atomic E-state index is 14.3. The van der Waals surface area contributed by atoms with Gasteiger partial charge in [-0.25, -0.2) is 9.37 Å². The molecular formula is C13H15ClFN5S. The first kappa shape index (κ1) is 14.2. The van der Waals surface area contributed by atoms with Gasteiger partial charge < -0.3 is 21.3 Å². The van der Waals surface area contributed by atoms with Gasteiger partial charge in [0.2, 0.25) is 0 Å². The van der Waals surface area contributed by atoms with Crippen molar-refractivity contribution >= 4 is 45.1 Å².